The van der Waals surface area contributed by atoms with Crippen molar-refractivity contribution in [3.05, 3.63) is 372 Å². The molecule has 0 amide bonds. The van der Waals surface area contributed by atoms with Gasteiger partial charge in [-0.3, -0.25) is 4.48 Å². The van der Waals surface area contributed by atoms with Crippen LogP contribution in [0.3, 0.4) is 0 Å². The molecule has 9 heteroatoms. The van der Waals surface area contributed by atoms with E-state index in [1.54, 1.807) is 0 Å². The van der Waals surface area contributed by atoms with E-state index in [0.717, 1.165) is 87.5 Å². The van der Waals surface area contributed by atoms with Crippen molar-refractivity contribution in [3.63, 3.8) is 0 Å². The van der Waals surface area contributed by atoms with Crippen molar-refractivity contribution < 1.29 is 9.15 Å². The average Bonchev–Trinajstić information content (AvgIpc) is 0.824. The van der Waals surface area contributed by atoms with Crippen molar-refractivity contribution in [2.24, 2.45) is 0 Å². The third kappa shape index (κ3) is 18.6. The van der Waals surface area contributed by atoms with Crippen LogP contribution in [0.15, 0.2) is 290 Å². The molecule has 0 bridgehead atoms. The summed E-state index contributed by atoms with van der Waals surface area (Å²) >= 11 is 0. The summed E-state index contributed by atoms with van der Waals surface area (Å²) in [6.45, 7) is 14.2. The van der Waals surface area contributed by atoms with Crippen LogP contribution in [0.1, 0.15) is 61.2 Å². The minimum Gasteiger partial charge on any atom is -0.399 e. The van der Waals surface area contributed by atoms with Crippen LogP contribution in [0, 0.1) is 20.8 Å². The first-order chi connectivity index (χ1) is 47.3. The highest BCUT2D eigenvalue weighted by Crippen LogP contribution is 2.34. The zero-order valence-electron chi connectivity index (χ0n) is 59.6. The molecule has 0 aromatic heterocycles. The van der Waals surface area contributed by atoms with E-state index in [0.29, 0.717) is 0 Å². The molecule has 9 nitrogen and oxygen atoms in total. The molecular formula is C90H96N9+3. The van der Waals surface area contributed by atoms with Crippen LogP contribution in [0.4, 0.5) is 39.8 Å². The van der Waals surface area contributed by atoms with Crippen molar-refractivity contribution in [2.75, 3.05) is 97.0 Å². The molecule has 498 valence electrons. The zero-order chi connectivity index (χ0) is 71.1. The quantitative estimate of drug-likeness (QED) is 0.0525. The fourth-order valence-electron chi connectivity index (χ4n) is 11.6. The number of aryl methyl sites for hydroxylation is 3. The molecule has 0 saturated heterocycles. The minimum atomic E-state index is 0.758. The van der Waals surface area contributed by atoms with Crippen LogP contribution in [0.2, 0.25) is 0 Å². The highest BCUT2D eigenvalue weighted by atomic mass is 15.3. The maximum absolute atomic E-state index is 6.02. The normalized spacial score (nSPS) is 12.1. The van der Waals surface area contributed by atoms with Crippen LogP contribution in [0.5, 0.6) is 0 Å². The summed E-state index contributed by atoms with van der Waals surface area (Å²) in [5, 5.41) is 4.35. The summed E-state index contributed by atoms with van der Waals surface area (Å²) in [6, 6.07) is 79.1. The van der Waals surface area contributed by atoms with Gasteiger partial charge in [-0.15, -0.1) is 0 Å². The summed E-state index contributed by atoms with van der Waals surface area (Å²) in [4.78, 5) is 2.13. The molecular weight excluding hydrogens is 1210 g/mol. The molecule has 99 heavy (non-hydrogen) atoms. The molecule has 0 aliphatic heterocycles. The SMILES string of the molecule is C=c1ccc(=C(c2ccc(N)c(C)c2)c2ccc(N)c(C)c2)cc1C.C=c1ccc(=C(c2ccc(N)cc2)c2ccc(N)cc2)cc1.CN(C)c1ccc(C(=C2C=CC(=[N+](C)C)C=C2)c2ccc([N+](C)(C)C)cc2)cc1.C[N+](C)=C1C=CC(=C(c2ccccc2)c2ccc(N)cc2)C=C1. The van der Waals surface area contributed by atoms with Gasteiger partial charge in [0.2, 0.25) is 0 Å². The Balaban J connectivity index is 0.000000155. The smallest absolute Gasteiger partial charge is 0.199 e. The van der Waals surface area contributed by atoms with Crippen molar-refractivity contribution in [3.8, 4) is 0 Å². The second-order valence-electron chi connectivity index (χ2n) is 26.6. The Bertz CT molecular complexity index is 4890. The molecule has 12 rings (SSSR count). The van der Waals surface area contributed by atoms with Gasteiger partial charge in [-0.25, -0.2) is 9.15 Å². The number of hydrogen-bond donors (Lipinski definition) is 5. The lowest BCUT2D eigenvalue weighted by Gasteiger charge is -2.24. The number of nitrogens with two attached hydrogens (primary N) is 5. The van der Waals surface area contributed by atoms with E-state index in [9.17, 15) is 0 Å². The lowest BCUT2D eigenvalue weighted by Crippen LogP contribution is -2.34. The molecule has 0 saturated carbocycles. The maximum Gasteiger partial charge on any atom is 0.199 e. The number of benzene rings is 10. The van der Waals surface area contributed by atoms with E-state index in [2.05, 4.69) is 286 Å². The average molecular weight is 1300 g/mol. The van der Waals surface area contributed by atoms with Crippen LogP contribution in [-0.4, -0.2) is 84.0 Å². The zero-order valence-corrected chi connectivity index (χ0v) is 59.6. The van der Waals surface area contributed by atoms with Gasteiger partial charge in [0.15, 0.2) is 11.4 Å². The number of allylic oxidation sites excluding steroid dienone is 10. The molecule has 0 fully saturated rings. The first-order valence-electron chi connectivity index (χ1n) is 33.3. The Morgan fingerprint density at radius 1 is 0.343 bits per heavy atom. The molecule has 2 aliphatic rings. The highest BCUT2D eigenvalue weighted by Gasteiger charge is 2.18. The van der Waals surface area contributed by atoms with Crippen molar-refractivity contribution in [1.82, 2.24) is 4.48 Å². The van der Waals surface area contributed by atoms with Crippen LogP contribution < -0.4 is 58.9 Å². The van der Waals surface area contributed by atoms with E-state index in [1.165, 1.54) is 83.7 Å². The fraction of sp³-hybridized carbons (Fsp3) is 0.133. The third-order valence-corrected chi connectivity index (χ3v) is 17.6. The minimum absolute atomic E-state index is 0.758. The first kappa shape index (κ1) is 71.5. The Hall–Kier alpha value is -11.8. The van der Waals surface area contributed by atoms with Crippen LogP contribution in [-0.2, 0) is 0 Å². The summed E-state index contributed by atoms with van der Waals surface area (Å²) in [7, 11) is 19.0. The van der Waals surface area contributed by atoms with Crippen molar-refractivity contribution in [1.29, 1.82) is 0 Å². The Kier molecular flexibility index (Phi) is 23.3. The van der Waals surface area contributed by atoms with Gasteiger partial charge in [0.25, 0.3) is 0 Å². The highest BCUT2D eigenvalue weighted by molar-refractivity contribution is 6.05. The van der Waals surface area contributed by atoms with E-state index in [1.807, 2.05) is 105 Å². The molecule has 0 heterocycles. The van der Waals surface area contributed by atoms with E-state index in [4.69, 9.17) is 28.7 Å². The van der Waals surface area contributed by atoms with Gasteiger partial charge < -0.3 is 33.6 Å². The summed E-state index contributed by atoms with van der Waals surface area (Å²) in [6.07, 6.45) is 17.5. The molecule has 0 atom stereocenters. The van der Waals surface area contributed by atoms with Crippen LogP contribution >= 0.6 is 0 Å². The van der Waals surface area contributed by atoms with Gasteiger partial charge in [0.1, 0.15) is 33.9 Å². The number of nitrogen functional groups attached to an aromatic ring is 5. The number of hydrogen-bond acceptors (Lipinski definition) is 6. The molecule has 10 aromatic carbocycles. The Labute approximate surface area is 587 Å². The number of rotatable bonds is 10. The molecule has 2 aliphatic carbocycles. The van der Waals surface area contributed by atoms with Gasteiger partial charge in [-0.2, -0.15) is 0 Å². The van der Waals surface area contributed by atoms with E-state index in [-0.39, 0.29) is 0 Å². The van der Waals surface area contributed by atoms with Gasteiger partial charge >= 0.3 is 0 Å². The van der Waals surface area contributed by atoms with Gasteiger partial charge in [0.05, 0.1) is 21.1 Å². The predicted molar refractivity (Wildman–Crippen MR) is 430 cm³/mol. The summed E-state index contributed by atoms with van der Waals surface area (Å²) in [5.74, 6) is 0. The number of quaternary nitrogens is 1. The second kappa shape index (κ2) is 32.3. The van der Waals surface area contributed by atoms with E-state index >= 15 is 0 Å². The van der Waals surface area contributed by atoms with Crippen LogP contribution in [0.25, 0.3) is 35.5 Å². The molecule has 0 radical (unpaired) electrons. The van der Waals surface area contributed by atoms with Gasteiger partial charge in [-0.1, -0.05) is 147 Å². The number of nitrogens with zero attached hydrogens (tertiary/aromatic N) is 4. The monoisotopic (exact) mass is 1300 g/mol. The molecule has 0 spiro atoms. The second-order valence-corrected chi connectivity index (χ2v) is 26.6. The topological polar surface area (TPSA) is 139 Å². The van der Waals surface area contributed by atoms with Crippen molar-refractivity contribution >= 4 is 86.7 Å². The number of anilines is 6. The fourth-order valence-corrected chi connectivity index (χ4v) is 11.6. The van der Waals surface area contributed by atoms with Gasteiger partial charge in [0, 0.05) is 72.5 Å². The Morgan fingerprint density at radius 3 is 1.05 bits per heavy atom. The third-order valence-electron chi connectivity index (χ3n) is 17.6. The molecule has 0 unspecified atom stereocenters. The van der Waals surface area contributed by atoms with Crippen molar-refractivity contribution in [2.45, 2.75) is 20.8 Å². The predicted octanol–water partition coefficient (Wildman–Crippen LogP) is 14.4. The van der Waals surface area contributed by atoms with Gasteiger partial charge in [-0.05, 0) is 258 Å². The standard InChI is InChI=1S/C26H33N3.C23H24N2.C21H20N2.C20H18N2/c1-27(2)23-14-8-20(9-15-23)26(21-10-16-24(17-11-21)28(3)4)22-12-18-25(19-13-22)29(5,6)7;1-14-5-6-18(11-15(14)2)23(19-7-9-21(24)16(3)12-19)20-8-10-22(25)17(4)13-20;1-23(2)20-14-10-18(11-15-20)21(16-6-4-3-5-7-16)17-8-12-19(22)13-9-17;1-14-2-4-15(5-3-14)20(16-6-10-18(21)11-7-16)17-8-12-19(22)13-9-17/h8-19H,1-7H3;5-13H,1,24-25H2,2-4H3;3-15,22H,1-2H3;2-13H,1,21-22H2/q+2;;;/p+1. The molecule has 10 N–H and O–H groups in total. The molecule has 10 aromatic rings. The summed E-state index contributed by atoms with van der Waals surface area (Å²) in [5.41, 5.74) is 58.2. The lowest BCUT2D eigenvalue weighted by atomic mass is 9.90. The first-order valence-corrected chi connectivity index (χ1v) is 33.3. The maximum atomic E-state index is 6.02. The Morgan fingerprint density at radius 2 is 0.687 bits per heavy atom. The lowest BCUT2D eigenvalue weighted by molar-refractivity contribution is -0.462. The van der Waals surface area contributed by atoms with E-state index < -0.39 is 0 Å². The largest absolute Gasteiger partial charge is 0.399 e. The summed E-state index contributed by atoms with van der Waals surface area (Å²) < 4.78 is 5.05.